The van der Waals surface area contributed by atoms with Gasteiger partial charge in [0, 0.05) is 6.54 Å². The van der Waals surface area contributed by atoms with Crippen molar-refractivity contribution in [2.24, 2.45) is 0 Å². The van der Waals surface area contributed by atoms with Gasteiger partial charge in [-0.25, -0.2) is 0 Å². The minimum atomic E-state index is 0.623. The molecule has 22 heavy (non-hydrogen) atoms. The highest BCUT2D eigenvalue weighted by molar-refractivity contribution is 9.10. The SMILES string of the molecule is CCOc1c(Br)cc(CNCCCN(CC)CC)cc1OC. The topological polar surface area (TPSA) is 33.7 Å². The van der Waals surface area contributed by atoms with Crippen LogP contribution in [0.1, 0.15) is 32.8 Å². The molecule has 0 aliphatic heterocycles. The standard InChI is InChI=1S/C17H29BrN2O2/c1-5-20(6-2)10-8-9-19-13-14-11-15(18)17(22-7-3)16(12-14)21-4/h11-12,19H,5-10,13H2,1-4H3. The van der Waals surface area contributed by atoms with Crippen molar-refractivity contribution >= 4 is 15.9 Å². The van der Waals surface area contributed by atoms with Crippen molar-refractivity contribution in [2.45, 2.75) is 33.7 Å². The lowest BCUT2D eigenvalue weighted by Crippen LogP contribution is -2.27. The molecule has 0 unspecified atom stereocenters. The Balaban J connectivity index is 2.48. The number of ether oxygens (including phenoxy) is 2. The van der Waals surface area contributed by atoms with Gasteiger partial charge in [-0.1, -0.05) is 13.8 Å². The fourth-order valence-corrected chi connectivity index (χ4v) is 2.96. The molecule has 0 bridgehead atoms. The monoisotopic (exact) mass is 372 g/mol. The van der Waals surface area contributed by atoms with E-state index in [1.165, 1.54) is 5.56 Å². The molecule has 126 valence electrons. The summed E-state index contributed by atoms with van der Waals surface area (Å²) in [6, 6.07) is 4.12. The van der Waals surface area contributed by atoms with Gasteiger partial charge in [-0.2, -0.15) is 0 Å². The van der Waals surface area contributed by atoms with Crippen molar-refractivity contribution < 1.29 is 9.47 Å². The second-order valence-electron chi connectivity index (χ2n) is 5.10. The predicted molar refractivity (Wildman–Crippen MR) is 96.0 cm³/mol. The molecule has 0 amide bonds. The van der Waals surface area contributed by atoms with Crippen LogP contribution in [0, 0.1) is 0 Å². The molecule has 0 saturated carbocycles. The summed E-state index contributed by atoms with van der Waals surface area (Å²) in [5.74, 6) is 1.55. The van der Waals surface area contributed by atoms with Gasteiger partial charge in [-0.15, -0.1) is 0 Å². The molecule has 0 aliphatic carbocycles. The Morgan fingerprint density at radius 3 is 2.50 bits per heavy atom. The maximum atomic E-state index is 5.61. The zero-order valence-corrected chi connectivity index (χ0v) is 15.8. The normalized spacial score (nSPS) is 11.0. The Hall–Kier alpha value is -0.780. The Bertz CT molecular complexity index is 437. The quantitative estimate of drug-likeness (QED) is 0.600. The number of nitrogens with zero attached hydrogens (tertiary/aromatic N) is 1. The van der Waals surface area contributed by atoms with Gasteiger partial charge in [0.05, 0.1) is 18.2 Å². The van der Waals surface area contributed by atoms with E-state index in [4.69, 9.17) is 9.47 Å². The van der Waals surface area contributed by atoms with E-state index in [1.807, 2.05) is 13.0 Å². The second kappa shape index (κ2) is 10.9. The summed E-state index contributed by atoms with van der Waals surface area (Å²) in [4.78, 5) is 2.44. The van der Waals surface area contributed by atoms with Crippen LogP contribution in [-0.4, -0.2) is 44.8 Å². The molecule has 1 aromatic rings. The minimum absolute atomic E-state index is 0.623. The maximum absolute atomic E-state index is 5.61. The molecular formula is C17H29BrN2O2. The largest absolute Gasteiger partial charge is 0.493 e. The molecule has 0 aromatic heterocycles. The third-order valence-corrected chi connectivity index (χ3v) is 4.22. The first kappa shape index (κ1) is 19.3. The molecule has 0 aliphatic rings. The Kier molecular flexibility index (Phi) is 9.52. The number of rotatable bonds is 11. The first-order chi connectivity index (χ1) is 10.7. The molecule has 5 heteroatoms. The average Bonchev–Trinajstić information content (AvgIpc) is 2.53. The zero-order valence-electron chi connectivity index (χ0n) is 14.2. The van der Waals surface area contributed by atoms with E-state index >= 15 is 0 Å². The number of hydrogen-bond donors (Lipinski definition) is 1. The first-order valence-corrected chi connectivity index (χ1v) is 8.87. The molecule has 0 atom stereocenters. The fraction of sp³-hybridized carbons (Fsp3) is 0.647. The first-order valence-electron chi connectivity index (χ1n) is 8.08. The third-order valence-electron chi connectivity index (χ3n) is 3.63. The fourth-order valence-electron chi connectivity index (χ4n) is 2.36. The minimum Gasteiger partial charge on any atom is -0.493 e. The maximum Gasteiger partial charge on any atom is 0.175 e. The van der Waals surface area contributed by atoms with Crippen LogP contribution in [0.2, 0.25) is 0 Å². The summed E-state index contributed by atoms with van der Waals surface area (Å²) in [5.41, 5.74) is 1.19. The van der Waals surface area contributed by atoms with E-state index in [-0.39, 0.29) is 0 Å². The highest BCUT2D eigenvalue weighted by atomic mass is 79.9. The van der Waals surface area contributed by atoms with Crippen molar-refractivity contribution in [3.8, 4) is 11.5 Å². The lowest BCUT2D eigenvalue weighted by molar-refractivity contribution is 0.298. The van der Waals surface area contributed by atoms with Gasteiger partial charge < -0.3 is 19.7 Å². The van der Waals surface area contributed by atoms with Crippen molar-refractivity contribution in [3.05, 3.63) is 22.2 Å². The van der Waals surface area contributed by atoms with E-state index in [0.717, 1.165) is 55.1 Å². The molecular weight excluding hydrogens is 344 g/mol. The molecule has 0 heterocycles. The summed E-state index contributed by atoms with van der Waals surface area (Å²) in [6.07, 6.45) is 1.16. The number of methoxy groups -OCH3 is 1. The Labute approximate surface area is 143 Å². The van der Waals surface area contributed by atoms with Crippen LogP contribution in [0.15, 0.2) is 16.6 Å². The molecule has 1 rings (SSSR count). The van der Waals surface area contributed by atoms with Crippen LogP contribution in [0.3, 0.4) is 0 Å². The lowest BCUT2D eigenvalue weighted by Gasteiger charge is -2.18. The van der Waals surface area contributed by atoms with Gasteiger partial charge in [0.15, 0.2) is 11.5 Å². The number of halogens is 1. The van der Waals surface area contributed by atoms with E-state index in [1.54, 1.807) is 7.11 Å². The summed E-state index contributed by atoms with van der Waals surface area (Å²) in [5, 5.41) is 3.49. The van der Waals surface area contributed by atoms with Crippen molar-refractivity contribution in [1.82, 2.24) is 10.2 Å². The van der Waals surface area contributed by atoms with Gasteiger partial charge in [0.2, 0.25) is 0 Å². The Morgan fingerprint density at radius 1 is 1.18 bits per heavy atom. The van der Waals surface area contributed by atoms with Gasteiger partial charge in [0.1, 0.15) is 0 Å². The molecule has 0 radical (unpaired) electrons. The zero-order chi connectivity index (χ0) is 16.4. The van der Waals surface area contributed by atoms with Gasteiger partial charge in [0.25, 0.3) is 0 Å². The van der Waals surface area contributed by atoms with E-state index in [0.29, 0.717) is 6.61 Å². The highest BCUT2D eigenvalue weighted by Crippen LogP contribution is 2.36. The van der Waals surface area contributed by atoms with Crippen LogP contribution in [0.5, 0.6) is 11.5 Å². The molecule has 1 aromatic carbocycles. The van der Waals surface area contributed by atoms with Crippen LogP contribution in [0.4, 0.5) is 0 Å². The van der Waals surface area contributed by atoms with Crippen LogP contribution < -0.4 is 14.8 Å². The molecule has 0 spiro atoms. The van der Waals surface area contributed by atoms with E-state index in [2.05, 4.69) is 46.1 Å². The summed E-state index contributed by atoms with van der Waals surface area (Å²) < 4.78 is 12.0. The summed E-state index contributed by atoms with van der Waals surface area (Å²) in [6.45, 7) is 12.3. The van der Waals surface area contributed by atoms with Crippen LogP contribution in [0.25, 0.3) is 0 Å². The van der Waals surface area contributed by atoms with Crippen LogP contribution in [-0.2, 0) is 6.54 Å². The van der Waals surface area contributed by atoms with Crippen LogP contribution >= 0.6 is 15.9 Å². The van der Waals surface area contributed by atoms with E-state index < -0.39 is 0 Å². The van der Waals surface area contributed by atoms with Crippen molar-refractivity contribution in [1.29, 1.82) is 0 Å². The van der Waals surface area contributed by atoms with Gasteiger partial charge >= 0.3 is 0 Å². The lowest BCUT2D eigenvalue weighted by atomic mass is 10.2. The molecule has 0 fully saturated rings. The number of hydrogen-bond acceptors (Lipinski definition) is 4. The predicted octanol–water partition coefficient (Wildman–Crippen LogP) is 3.68. The van der Waals surface area contributed by atoms with Crippen molar-refractivity contribution in [3.63, 3.8) is 0 Å². The van der Waals surface area contributed by atoms with Gasteiger partial charge in [-0.05, 0) is 73.1 Å². The highest BCUT2D eigenvalue weighted by Gasteiger charge is 2.11. The third kappa shape index (κ3) is 6.15. The number of benzene rings is 1. The van der Waals surface area contributed by atoms with Crippen molar-refractivity contribution in [2.75, 3.05) is 39.9 Å². The summed E-state index contributed by atoms with van der Waals surface area (Å²) >= 11 is 3.56. The summed E-state index contributed by atoms with van der Waals surface area (Å²) in [7, 11) is 1.67. The average molecular weight is 373 g/mol. The van der Waals surface area contributed by atoms with Gasteiger partial charge in [-0.3, -0.25) is 0 Å². The molecule has 1 N–H and O–H groups in total. The smallest absolute Gasteiger partial charge is 0.175 e. The molecule has 0 saturated heterocycles. The Morgan fingerprint density at radius 2 is 1.91 bits per heavy atom. The molecule has 4 nitrogen and oxygen atoms in total. The van der Waals surface area contributed by atoms with E-state index in [9.17, 15) is 0 Å². The second-order valence-corrected chi connectivity index (χ2v) is 5.95. The number of nitrogens with one attached hydrogen (secondary N) is 1.